The van der Waals surface area contributed by atoms with Crippen LogP contribution in [0.5, 0.6) is 17.2 Å². The first-order chi connectivity index (χ1) is 28.5. The smallest absolute Gasteiger partial charge is 0.412 e. The van der Waals surface area contributed by atoms with Gasteiger partial charge in [-0.05, 0) is 73.1 Å². The van der Waals surface area contributed by atoms with Crippen LogP contribution in [0.3, 0.4) is 0 Å². The molecule has 13 nitrogen and oxygen atoms in total. The number of aromatic nitrogens is 1. The molecule has 0 unspecified atom stereocenters. The fourth-order valence-corrected chi connectivity index (χ4v) is 8.64. The number of anilines is 1. The quantitative estimate of drug-likeness (QED) is 0.0706. The van der Waals surface area contributed by atoms with E-state index in [1.54, 1.807) is 41.1 Å². The number of aryl methyl sites for hydroxylation is 1. The monoisotopic (exact) mass is 863 g/mol. The number of hydrogen-bond acceptors (Lipinski definition) is 9. The van der Waals surface area contributed by atoms with Gasteiger partial charge in [-0.15, -0.1) is 0 Å². The summed E-state index contributed by atoms with van der Waals surface area (Å²) in [6.45, 7) is 3.37. The van der Waals surface area contributed by atoms with Crippen LogP contribution < -0.4 is 25.2 Å². The third-order valence-electron chi connectivity index (χ3n) is 11.7. The number of carbonyl (C=O) groups excluding carboxylic acids is 1. The number of pyridine rings is 1. The largest absolute Gasteiger partial charge is 0.506 e. The van der Waals surface area contributed by atoms with Crippen molar-refractivity contribution in [2.24, 2.45) is 0 Å². The molecule has 3 fully saturated rings. The highest BCUT2D eigenvalue weighted by Gasteiger charge is 2.47. The van der Waals surface area contributed by atoms with E-state index in [0.717, 1.165) is 55.6 Å². The number of nitrogens with zero attached hydrogens (tertiary/aromatic N) is 3. The van der Waals surface area contributed by atoms with Gasteiger partial charge in [0.25, 0.3) is 5.91 Å². The number of piperidine rings is 3. The van der Waals surface area contributed by atoms with Gasteiger partial charge in [0.1, 0.15) is 17.2 Å². The molecule has 4 aromatic carbocycles. The van der Waals surface area contributed by atoms with Crippen LogP contribution >= 0.6 is 11.6 Å². The number of carbonyl (C=O) groups is 2. The zero-order valence-electron chi connectivity index (χ0n) is 34.1. The van der Waals surface area contributed by atoms with Gasteiger partial charge in [0.05, 0.1) is 35.0 Å². The highest BCUT2D eigenvalue weighted by molar-refractivity contribution is 6.32. The Kier molecular flexibility index (Phi) is 15.4. The van der Waals surface area contributed by atoms with Crippen LogP contribution in [0.1, 0.15) is 48.5 Å². The minimum atomic E-state index is -0.948. The number of rotatable bonds is 16. The van der Waals surface area contributed by atoms with Crippen LogP contribution in [-0.4, -0.2) is 101 Å². The number of amides is 2. The first-order valence-electron chi connectivity index (χ1n) is 19.9. The van der Waals surface area contributed by atoms with E-state index in [4.69, 9.17) is 21.1 Å². The summed E-state index contributed by atoms with van der Waals surface area (Å²) in [5.74, 6) is 0.451. The van der Waals surface area contributed by atoms with Gasteiger partial charge in [-0.25, -0.2) is 4.79 Å². The number of aliphatic hydroxyl groups excluding tert-OH is 1. The maximum Gasteiger partial charge on any atom is 0.412 e. The fourth-order valence-electron chi connectivity index (χ4n) is 8.40. The second-order valence-corrected chi connectivity index (χ2v) is 15.8. The van der Waals surface area contributed by atoms with E-state index in [9.17, 15) is 29.7 Å². The molecule has 0 saturated carbocycles. The Balaban J connectivity index is 0.00000352. The first-order valence-corrected chi connectivity index (χ1v) is 20.2. The van der Waals surface area contributed by atoms with Crippen LogP contribution in [0.4, 0.5) is 19.9 Å². The summed E-state index contributed by atoms with van der Waals surface area (Å²) < 4.78 is 11.5. The number of ether oxygens (including phenoxy) is 2. The number of hydrogen-bond donors (Lipinski definition) is 5. The Morgan fingerprint density at radius 3 is 2.38 bits per heavy atom. The van der Waals surface area contributed by atoms with E-state index in [1.807, 2.05) is 42.5 Å². The van der Waals surface area contributed by atoms with Crippen molar-refractivity contribution in [2.45, 2.75) is 50.3 Å². The molecule has 16 heteroatoms. The Labute approximate surface area is 357 Å². The molecule has 5 N–H and O–H groups in total. The second-order valence-electron chi connectivity index (χ2n) is 15.4. The SMILES string of the molecule is COc1cc(OCC(=O)N(C)CCCc2ccc(-c3ccccc3)c(N(C(=O)O)C34CCN(CC3)CC4)c2)c(Cl)cc1CNC[C@H](O)c1ccc(O)c2[nH]c(=O)ccc12.F.F. The normalized spacial score (nSPS) is 17.1. The maximum absolute atomic E-state index is 13.2. The lowest BCUT2D eigenvalue weighted by Crippen LogP contribution is -2.62. The van der Waals surface area contributed by atoms with E-state index < -0.39 is 17.7 Å². The van der Waals surface area contributed by atoms with Gasteiger partial charge in [0, 0.05) is 75.0 Å². The molecule has 3 saturated heterocycles. The Bertz CT molecular complexity index is 2360. The maximum atomic E-state index is 13.2. The summed E-state index contributed by atoms with van der Waals surface area (Å²) in [6, 6.07) is 25.3. The lowest BCUT2D eigenvalue weighted by molar-refractivity contribution is -0.132. The van der Waals surface area contributed by atoms with E-state index >= 15 is 0 Å². The Hall–Kier alpha value is -5.74. The zero-order chi connectivity index (χ0) is 41.7. The molecule has 0 spiro atoms. The number of nitrogens with one attached hydrogen (secondary N) is 2. The number of carboxylic acid groups (broad SMARTS) is 1. The lowest BCUT2D eigenvalue weighted by atomic mass is 9.78. The molecule has 3 aliphatic heterocycles. The number of fused-ring (bicyclic) bond motifs is 4. The number of likely N-dealkylation sites (N-methyl/N-ethyl adjacent to an activating group) is 1. The summed E-state index contributed by atoms with van der Waals surface area (Å²) in [6.07, 6.45) is 1.86. The lowest BCUT2D eigenvalue weighted by Gasteiger charge is -2.53. The second kappa shape index (κ2) is 20.2. The molecule has 8 rings (SSSR count). The van der Waals surface area contributed by atoms with Crippen molar-refractivity contribution in [1.82, 2.24) is 20.1 Å². The van der Waals surface area contributed by atoms with Crippen molar-refractivity contribution in [3.8, 4) is 28.4 Å². The number of aromatic amines is 1. The van der Waals surface area contributed by atoms with E-state index in [1.165, 1.54) is 19.2 Å². The number of aliphatic hydroxyl groups is 1. The predicted octanol–water partition coefficient (Wildman–Crippen LogP) is 6.88. The van der Waals surface area contributed by atoms with Crippen molar-refractivity contribution in [1.29, 1.82) is 0 Å². The fraction of sp³-hybridized carbons (Fsp3) is 0.356. The molecule has 0 aliphatic carbocycles. The van der Waals surface area contributed by atoms with E-state index in [-0.39, 0.29) is 56.1 Å². The van der Waals surface area contributed by atoms with Crippen molar-refractivity contribution in [3.63, 3.8) is 0 Å². The third kappa shape index (κ3) is 10.2. The number of halogens is 3. The molecule has 4 heterocycles. The molecule has 2 bridgehead atoms. The van der Waals surface area contributed by atoms with Crippen LogP contribution in [0.2, 0.25) is 5.02 Å². The highest BCUT2D eigenvalue weighted by Crippen LogP contribution is 2.44. The Morgan fingerprint density at radius 1 is 0.967 bits per heavy atom. The summed E-state index contributed by atoms with van der Waals surface area (Å²) in [5, 5.41) is 35.8. The van der Waals surface area contributed by atoms with Gasteiger partial charge >= 0.3 is 6.09 Å². The molecular weight excluding hydrogens is 812 g/mol. The van der Waals surface area contributed by atoms with Gasteiger partial charge < -0.3 is 44.9 Å². The highest BCUT2D eigenvalue weighted by atomic mass is 35.5. The number of phenolic OH excluding ortho intramolecular Hbond substituents is 1. The van der Waals surface area contributed by atoms with Gasteiger partial charge in [0.2, 0.25) is 5.56 Å². The third-order valence-corrected chi connectivity index (χ3v) is 12.0. The first kappa shape index (κ1) is 46.3. The van der Waals surface area contributed by atoms with Crippen LogP contribution in [0, 0.1) is 0 Å². The number of phenols is 1. The predicted molar refractivity (Wildman–Crippen MR) is 233 cm³/mol. The molecule has 3 aliphatic rings. The van der Waals surface area contributed by atoms with Crippen molar-refractivity contribution >= 4 is 40.2 Å². The minimum absolute atomic E-state index is 0. The average molecular weight is 864 g/mol. The molecule has 326 valence electrons. The number of methoxy groups -OCH3 is 1. The minimum Gasteiger partial charge on any atom is -0.506 e. The number of H-pyrrole nitrogens is 1. The zero-order valence-corrected chi connectivity index (χ0v) is 34.8. The molecular formula is C45H52ClF2N5O8. The summed E-state index contributed by atoms with van der Waals surface area (Å²) in [5.41, 5.74) is 4.28. The van der Waals surface area contributed by atoms with Crippen LogP contribution in [0.25, 0.3) is 22.0 Å². The molecule has 0 radical (unpaired) electrons. The van der Waals surface area contributed by atoms with Gasteiger partial charge in [-0.3, -0.25) is 23.9 Å². The topological polar surface area (TPSA) is 168 Å². The van der Waals surface area contributed by atoms with Crippen molar-refractivity contribution in [3.05, 3.63) is 117 Å². The van der Waals surface area contributed by atoms with Crippen LogP contribution in [0.15, 0.2) is 89.7 Å². The molecule has 61 heavy (non-hydrogen) atoms. The summed E-state index contributed by atoms with van der Waals surface area (Å²) in [4.78, 5) is 46.3. The van der Waals surface area contributed by atoms with Crippen LogP contribution in [-0.2, 0) is 17.8 Å². The molecule has 1 atom stereocenters. The molecule has 1 aromatic heterocycles. The van der Waals surface area contributed by atoms with Crippen molar-refractivity contribution in [2.75, 3.05) is 58.4 Å². The summed E-state index contributed by atoms with van der Waals surface area (Å²) in [7, 11) is 3.24. The number of benzene rings is 4. The average Bonchev–Trinajstić information content (AvgIpc) is 3.24. The van der Waals surface area contributed by atoms with Gasteiger partial charge in [-0.2, -0.15) is 0 Å². The standard InChI is InChI=1S/C45H50ClN5O8.2FH/c1-49(19-6-7-29-10-11-32(30-8-4-3-5-9-30)36(23-29)51(44(56)57)45-16-20-50(21-17-45)22-18-45)42(55)28-59-40-25-39(58-2)31(24-35(40)46)26-47-27-38(53)33-12-14-37(52)43-34(33)13-15-41(54)48-43;;/h3-5,8-15,23-25,38,47,52-53H,6-7,16-22,26-28H2,1-2H3,(H,48,54)(H,56,57);2*1H/t38-;;/m0../s1. The van der Waals surface area contributed by atoms with Crippen molar-refractivity contribution < 1.29 is 43.8 Å². The van der Waals surface area contributed by atoms with E-state index in [0.29, 0.717) is 53.9 Å². The molecule has 2 amide bonds. The number of aromatic hydroxyl groups is 1. The van der Waals surface area contributed by atoms with Gasteiger partial charge in [-0.1, -0.05) is 60.1 Å². The Morgan fingerprint density at radius 2 is 1.69 bits per heavy atom. The summed E-state index contributed by atoms with van der Waals surface area (Å²) >= 11 is 6.60. The van der Waals surface area contributed by atoms with Gasteiger partial charge in [0.15, 0.2) is 6.61 Å². The van der Waals surface area contributed by atoms with E-state index in [2.05, 4.69) is 21.3 Å². The molecule has 5 aromatic rings.